The monoisotopic (exact) mass is 557 g/mol. The summed E-state index contributed by atoms with van der Waals surface area (Å²) in [6.07, 6.45) is 2.06. The fourth-order valence-electron chi connectivity index (χ4n) is 6.93. The summed E-state index contributed by atoms with van der Waals surface area (Å²) in [7, 11) is 0. The zero-order valence-electron chi connectivity index (χ0n) is 21.8. The van der Waals surface area contributed by atoms with E-state index in [4.69, 9.17) is 4.98 Å². The molecule has 0 aliphatic carbocycles. The van der Waals surface area contributed by atoms with Crippen molar-refractivity contribution in [1.29, 1.82) is 0 Å². The maximum Gasteiger partial charge on any atom is 0.432 e. The van der Waals surface area contributed by atoms with Gasteiger partial charge in [0.2, 0.25) is 0 Å². The second-order valence-corrected chi connectivity index (χ2v) is 12.9. The van der Waals surface area contributed by atoms with Gasteiger partial charge in [0.05, 0.1) is 23.1 Å². The number of anilines is 4. The summed E-state index contributed by atoms with van der Waals surface area (Å²) in [6, 6.07) is 41.9. The highest BCUT2D eigenvalue weighted by molar-refractivity contribution is 7.32. The number of aromatic nitrogens is 1. The highest BCUT2D eigenvalue weighted by Crippen LogP contribution is 2.59. The molecule has 5 aromatic carbocycles. The van der Waals surface area contributed by atoms with Crippen LogP contribution in [-0.2, 0) is 0 Å². The normalized spacial score (nSPS) is 13.7. The fraction of sp³-hybridized carbons (Fsp3) is 0. The Labute approximate surface area is 244 Å². The Kier molecular flexibility index (Phi) is 4.29. The van der Waals surface area contributed by atoms with Crippen molar-refractivity contribution >= 4 is 98.3 Å². The lowest BCUT2D eigenvalue weighted by atomic mass is 9.64. The second kappa shape index (κ2) is 7.97. The molecule has 10 rings (SSSR count). The average Bonchev–Trinajstić information content (AvgIpc) is 3.69. The summed E-state index contributed by atoms with van der Waals surface area (Å²) in [5.74, 6) is 0. The summed E-state index contributed by atoms with van der Waals surface area (Å²) in [4.78, 5) is 10.1. The molecule has 0 saturated heterocycles. The van der Waals surface area contributed by atoms with Crippen LogP contribution >= 0.6 is 22.7 Å². The SMILES string of the molecule is c1ccc2ncc(N3B4c5sc6ccccc6c5-c5c(ccc6ccccc56)N4c4sc5ccccc5c43)cc2c1. The summed E-state index contributed by atoms with van der Waals surface area (Å²) < 4.78 is 4.02. The van der Waals surface area contributed by atoms with E-state index in [0.29, 0.717) is 0 Å². The van der Waals surface area contributed by atoms with Crippen molar-refractivity contribution in [3.05, 3.63) is 121 Å². The molecule has 0 saturated carbocycles. The van der Waals surface area contributed by atoms with Crippen LogP contribution in [0.1, 0.15) is 0 Å². The Morgan fingerprint density at radius 2 is 1.29 bits per heavy atom. The standard InChI is InChI=1S/C35H20BN3S2/c1-3-11-24-21(9-1)17-18-28-31(24)32-25-12-4-7-15-29(25)40-34(32)36-38(23-19-22-10-2-6-14-27(22)37-20-23)33-26-13-5-8-16-30(26)41-35(33)39(28)36/h1-20H. The minimum absolute atomic E-state index is 0.00452. The van der Waals surface area contributed by atoms with E-state index in [1.807, 2.05) is 22.7 Å². The lowest BCUT2D eigenvalue weighted by molar-refractivity contribution is 1.34. The van der Waals surface area contributed by atoms with Gasteiger partial charge in [-0.3, -0.25) is 4.98 Å². The molecule has 0 radical (unpaired) electrons. The Balaban J connectivity index is 1.36. The Hall–Kier alpha value is -4.65. The highest BCUT2D eigenvalue weighted by Gasteiger charge is 2.51. The molecular formula is C35H20BN3S2. The third-order valence-electron chi connectivity index (χ3n) is 8.63. The van der Waals surface area contributed by atoms with Crippen molar-refractivity contribution in [3.8, 4) is 11.1 Å². The molecule has 0 unspecified atom stereocenters. The molecule has 0 fully saturated rings. The van der Waals surface area contributed by atoms with Crippen LogP contribution in [-0.4, -0.2) is 12.0 Å². The molecule has 0 atom stereocenters. The molecule has 6 heteroatoms. The van der Waals surface area contributed by atoms with Crippen molar-refractivity contribution in [3.63, 3.8) is 0 Å². The molecule has 0 bridgehead atoms. The first-order valence-corrected chi connectivity index (χ1v) is 15.5. The number of hydrogen-bond donors (Lipinski definition) is 0. The Bertz CT molecular complexity index is 2370. The van der Waals surface area contributed by atoms with E-state index in [1.54, 1.807) is 0 Å². The van der Waals surface area contributed by atoms with Crippen LogP contribution in [0, 0.1) is 0 Å². The number of hydrogen-bond acceptors (Lipinski definition) is 5. The molecule has 0 spiro atoms. The van der Waals surface area contributed by atoms with E-state index >= 15 is 0 Å². The van der Waals surface area contributed by atoms with Crippen LogP contribution in [0.4, 0.5) is 22.1 Å². The summed E-state index contributed by atoms with van der Waals surface area (Å²) in [5, 5.41) is 7.66. The molecule has 5 heterocycles. The minimum Gasteiger partial charge on any atom is -0.357 e. The minimum atomic E-state index is 0.00452. The van der Waals surface area contributed by atoms with Crippen LogP contribution in [0.5, 0.6) is 0 Å². The van der Waals surface area contributed by atoms with Crippen LogP contribution < -0.4 is 14.4 Å². The molecule has 8 aromatic rings. The number of benzene rings is 5. The Morgan fingerprint density at radius 3 is 2.17 bits per heavy atom. The quantitative estimate of drug-likeness (QED) is 0.187. The van der Waals surface area contributed by atoms with E-state index < -0.39 is 0 Å². The van der Waals surface area contributed by atoms with Crippen molar-refractivity contribution in [2.45, 2.75) is 0 Å². The molecular weight excluding hydrogens is 537 g/mol. The molecule has 190 valence electrons. The Morgan fingerprint density at radius 1 is 0.585 bits per heavy atom. The summed E-state index contributed by atoms with van der Waals surface area (Å²) in [5.41, 5.74) is 7.40. The van der Waals surface area contributed by atoms with Gasteiger partial charge in [-0.05, 0) is 46.5 Å². The van der Waals surface area contributed by atoms with Crippen molar-refractivity contribution in [2.24, 2.45) is 0 Å². The number of fused-ring (bicyclic) bond motifs is 15. The first-order valence-electron chi connectivity index (χ1n) is 13.8. The van der Waals surface area contributed by atoms with Gasteiger partial charge in [-0.25, -0.2) is 0 Å². The van der Waals surface area contributed by atoms with E-state index in [0.717, 1.165) is 16.6 Å². The highest BCUT2D eigenvalue weighted by atomic mass is 32.1. The van der Waals surface area contributed by atoms with Crippen LogP contribution in [0.3, 0.4) is 0 Å². The zero-order chi connectivity index (χ0) is 26.7. The molecule has 2 aliphatic rings. The maximum absolute atomic E-state index is 4.93. The van der Waals surface area contributed by atoms with Crippen molar-refractivity contribution in [2.75, 3.05) is 9.62 Å². The molecule has 41 heavy (non-hydrogen) atoms. The van der Waals surface area contributed by atoms with Gasteiger partial charge >= 0.3 is 6.98 Å². The number of pyridine rings is 1. The van der Waals surface area contributed by atoms with Gasteiger partial charge in [0, 0.05) is 41.8 Å². The predicted molar refractivity (Wildman–Crippen MR) is 178 cm³/mol. The van der Waals surface area contributed by atoms with Gasteiger partial charge in [0.1, 0.15) is 5.00 Å². The van der Waals surface area contributed by atoms with Gasteiger partial charge in [0.25, 0.3) is 0 Å². The van der Waals surface area contributed by atoms with E-state index in [1.165, 1.54) is 63.2 Å². The number of nitrogens with zero attached hydrogens (tertiary/aromatic N) is 3. The van der Waals surface area contributed by atoms with Crippen LogP contribution in [0.15, 0.2) is 121 Å². The lowest BCUT2D eigenvalue weighted by Crippen LogP contribution is -2.54. The smallest absolute Gasteiger partial charge is 0.357 e. The second-order valence-electron chi connectivity index (χ2n) is 10.8. The van der Waals surface area contributed by atoms with E-state index in [9.17, 15) is 0 Å². The predicted octanol–water partition coefficient (Wildman–Crippen LogP) is 9.48. The number of para-hydroxylation sites is 1. The first kappa shape index (κ1) is 22.1. The third kappa shape index (κ3) is 2.86. The van der Waals surface area contributed by atoms with Crippen LogP contribution in [0.2, 0.25) is 0 Å². The van der Waals surface area contributed by atoms with Crippen LogP contribution in [0.25, 0.3) is 53.0 Å². The molecule has 3 aromatic heterocycles. The van der Waals surface area contributed by atoms with Crippen molar-refractivity contribution in [1.82, 2.24) is 4.98 Å². The zero-order valence-corrected chi connectivity index (χ0v) is 23.4. The van der Waals surface area contributed by atoms with Gasteiger partial charge in [-0.2, -0.15) is 0 Å². The number of rotatable bonds is 1. The molecule has 2 aliphatic heterocycles. The van der Waals surface area contributed by atoms with Gasteiger partial charge < -0.3 is 9.62 Å². The molecule has 0 N–H and O–H groups in total. The maximum atomic E-state index is 4.93. The summed E-state index contributed by atoms with van der Waals surface area (Å²) >= 11 is 3.82. The van der Waals surface area contributed by atoms with Gasteiger partial charge in [-0.15, -0.1) is 22.7 Å². The number of thiophene rings is 2. The third-order valence-corrected chi connectivity index (χ3v) is 11.0. The molecule has 0 amide bonds. The average molecular weight is 558 g/mol. The lowest BCUT2D eigenvalue weighted by Gasteiger charge is -2.35. The fourth-order valence-corrected chi connectivity index (χ4v) is 9.45. The van der Waals surface area contributed by atoms with Gasteiger partial charge in [-0.1, -0.05) is 84.9 Å². The summed E-state index contributed by atoms with van der Waals surface area (Å²) in [6.45, 7) is 0.00452. The topological polar surface area (TPSA) is 19.4 Å². The van der Waals surface area contributed by atoms with E-state index in [-0.39, 0.29) is 6.98 Å². The van der Waals surface area contributed by atoms with Crippen molar-refractivity contribution < 1.29 is 0 Å². The largest absolute Gasteiger partial charge is 0.432 e. The van der Waals surface area contributed by atoms with E-state index in [2.05, 4.69) is 131 Å². The van der Waals surface area contributed by atoms with Gasteiger partial charge in [0.15, 0.2) is 0 Å². The first-order chi connectivity index (χ1) is 20.3. The molecule has 3 nitrogen and oxygen atoms in total.